The molecule has 0 heterocycles. The summed E-state index contributed by atoms with van der Waals surface area (Å²) in [7, 11) is -0.804. The minimum atomic E-state index is -1.92. The van der Waals surface area contributed by atoms with E-state index in [9.17, 15) is 35.1 Å². The van der Waals surface area contributed by atoms with Gasteiger partial charge in [0, 0.05) is 5.30 Å². The van der Waals surface area contributed by atoms with Crippen molar-refractivity contribution in [1.82, 2.24) is 0 Å². The number of benzene rings is 2. The van der Waals surface area contributed by atoms with Crippen LogP contribution in [0.25, 0.3) is 0 Å². The summed E-state index contributed by atoms with van der Waals surface area (Å²) in [5, 5.41) is -0.505. The molecule has 2 aromatic carbocycles. The molecule has 0 aliphatic heterocycles. The molecular weight excluding hydrogens is 399 g/mol. The highest BCUT2D eigenvalue weighted by atomic mass is 31.1. The van der Waals surface area contributed by atoms with Crippen LogP contribution < -0.4 is 5.30 Å². The lowest BCUT2D eigenvalue weighted by molar-refractivity contribution is 0.396. The molecule has 0 aliphatic carbocycles. The number of hydrogen-bond acceptors (Lipinski definition) is 0. The third kappa shape index (κ3) is 7.83. The Kier molecular flexibility index (Phi) is 10.3. The summed E-state index contributed by atoms with van der Waals surface area (Å²) in [5.74, 6) is -10.1. The summed E-state index contributed by atoms with van der Waals surface area (Å²) < 4.78 is 101. The van der Waals surface area contributed by atoms with Gasteiger partial charge in [-0.15, -0.1) is 0 Å². The van der Waals surface area contributed by atoms with Crippen molar-refractivity contribution in [3.63, 3.8) is 0 Å². The normalized spacial score (nSPS) is 12.1. The smallest absolute Gasteiger partial charge is 0.198 e. The second-order valence-corrected chi connectivity index (χ2v) is 6.79. The lowest BCUT2D eigenvalue weighted by atomic mass is 10.2. The maximum absolute atomic E-state index is 13.5. The van der Waals surface area contributed by atoms with E-state index in [-0.39, 0.29) is 6.42 Å². The number of hydrogen-bond donors (Lipinski definition) is 0. The molecule has 0 amide bonds. The summed E-state index contributed by atoms with van der Waals surface area (Å²) in [6.45, 7) is -0.484. The third-order valence-corrected chi connectivity index (χ3v) is 4.55. The fourth-order valence-corrected chi connectivity index (χ4v) is 3.04. The second kappa shape index (κ2) is 11.9. The maximum Gasteiger partial charge on any atom is 0.198 e. The summed E-state index contributed by atoms with van der Waals surface area (Å²) in [6.07, 6.45) is 1.28. The van der Waals surface area contributed by atoms with E-state index < -0.39 is 61.4 Å². The molecular formula is C18H16F8P. The fourth-order valence-electron chi connectivity index (χ4n) is 1.90. The molecule has 2 unspecified atom stereocenters. The monoisotopic (exact) mass is 415 g/mol. The molecule has 2 atom stereocenters. The Morgan fingerprint density at radius 2 is 1.56 bits per heavy atom. The topological polar surface area (TPSA) is 0 Å². The van der Waals surface area contributed by atoms with E-state index in [1.54, 1.807) is 0 Å². The molecule has 0 spiro atoms. The van der Waals surface area contributed by atoms with Crippen molar-refractivity contribution < 1.29 is 35.1 Å². The van der Waals surface area contributed by atoms with Gasteiger partial charge in [0.05, 0.1) is 6.67 Å². The first-order valence-corrected chi connectivity index (χ1v) is 8.96. The van der Waals surface area contributed by atoms with Crippen LogP contribution in [-0.2, 0) is 0 Å². The highest BCUT2D eigenvalue weighted by molar-refractivity contribution is 7.47. The van der Waals surface area contributed by atoms with Crippen molar-refractivity contribution in [2.24, 2.45) is 0 Å². The predicted molar refractivity (Wildman–Crippen MR) is 88.8 cm³/mol. The lowest BCUT2D eigenvalue weighted by Gasteiger charge is -2.10. The molecule has 9 heteroatoms. The minimum absolute atomic E-state index is 0.0541. The van der Waals surface area contributed by atoms with Crippen LogP contribution in [-0.4, -0.2) is 12.6 Å². The van der Waals surface area contributed by atoms with Gasteiger partial charge in [0.1, 0.15) is 5.91 Å². The fraction of sp³-hybridized carbons (Fsp3) is 0.333. The van der Waals surface area contributed by atoms with Gasteiger partial charge in [0.15, 0.2) is 34.9 Å². The number of alkyl halides is 2. The molecule has 2 rings (SSSR count). The molecule has 0 saturated heterocycles. The summed E-state index contributed by atoms with van der Waals surface area (Å²) in [4.78, 5) is 0. The Morgan fingerprint density at radius 3 is 2.11 bits per heavy atom. The van der Waals surface area contributed by atoms with Crippen molar-refractivity contribution in [2.45, 2.75) is 31.6 Å². The highest BCUT2D eigenvalue weighted by Gasteiger charge is 2.20. The standard InChI is InChI=1S/C12H13F6P.C6H3F2/c13-5-3-1-2-4-9(15)19-8-6-7(14)10(16)12(18)11(8)17;7-5-3-1-2-4-6(5)8/h6,9,19H,1-5H2;1,3-4H. The van der Waals surface area contributed by atoms with Gasteiger partial charge in [0.2, 0.25) is 0 Å². The van der Waals surface area contributed by atoms with Crippen LogP contribution in [0.2, 0.25) is 0 Å². The van der Waals surface area contributed by atoms with Gasteiger partial charge in [-0.05, 0) is 37.1 Å². The van der Waals surface area contributed by atoms with E-state index in [1.807, 2.05) is 0 Å². The Bertz CT molecular complexity index is 702. The quantitative estimate of drug-likeness (QED) is 0.168. The van der Waals surface area contributed by atoms with E-state index in [2.05, 4.69) is 6.07 Å². The third-order valence-electron chi connectivity index (χ3n) is 3.27. The van der Waals surface area contributed by atoms with Crippen LogP contribution in [0.5, 0.6) is 0 Å². The molecule has 0 N–H and O–H groups in total. The Hall–Kier alpha value is -1.69. The van der Waals surface area contributed by atoms with Crippen LogP contribution in [0, 0.1) is 41.0 Å². The Balaban J connectivity index is 0.000000377. The number of unbranched alkanes of at least 4 members (excludes halogenated alkanes) is 2. The molecule has 0 aliphatic rings. The van der Waals surface area contributed by atoms with E-state index in [0.717, 1.165) is 12.1 Å². The zero-order valence-corrected chi connectivity index (χ0v) is 14.9. The van der Waals surface area contributed by atoms with E-state index >= 15 is 0 Å². The Morgan fingerprint density at radius 1 is 0.852 bits per heavy atom. The van der Waals surface area contributed by atoms with Crippen LogP contribution in [0.3, 0.4) is 0 Å². The summed E-state index contributed by atoms with van der Waals surface area (Å²) >= 11 is 0. The average molecular weight is 415 g/mol. The maximum atomic E-state index is 13.5. The van der Waals surface area contributed by atoms with E-state index in [0.29, 0.717) is 25.3 Å². The van der Waals surface area contributed by atoms with Crippen LogP contribution in [0.4, 0.5) is 35.1 Å². The molecule has 1 radical (unpaired) electrons. The van der Waals surface area contributed by atoms with Crippen LogP contribution in [0.1, 0.15) is 25.7 Å². The van der Waals surface area contributed by atoms with E-state index in [1.165, 1.54) is 6.07 Å². The molecule has 0 nitrogen and oxygen atoms in total. The van der Waals surface area contributed by atoms with Gasteiger partial charge in [-0.2, -0.15) is 0 Å². The number of halogens is 8. The minimum Gasteiger partial charge on any atom is -0.251 e. The van der Waals surface area contributed by atoms with Crippen molar-refractivity contribution in [1.29, 1.82) is 0 Å². The van der Waals surface area contributed by atoms with Gasteiger partial charge in [-0.25, -0.2) is 30.7 Å². The van der Waals surface area contributed by atoms with Crippen molar-refractivity contribution in [3.8, 4) is 0 Å². The molecule has 0 saturated carbocycles. The molecule has 149 valence electrons. The first-order chi connectivity index (χ1) is 12.8. The van der Waals surface area contributed by atoms with Crippen LogP contribution >= 0.6 is 8.58 Å². The first kappa shape index (κ1) is 23.3. The largest absolute Gasteiger partial charge is 0.251 e. The lowest BCUT2D eigenvalue weighted by Crippen LogP contribution is -2.12. The second-order valence-electron chi connectivity index (χ2n) is 5.34. The first-order valence-electron chi connectivity index (χ1n) is 7.88. The van der Waals surface area contributed by atoms with Gasteiger partial charge in [-0.1, -0.05) is 27.5 Å². The van der Waals surface area contributed by atoms with Crippen LogP contribution in [0.15, 0.2) is 24.3 Å². The molecule has 27 heavy (non-hydrogen) atoms. The highest BCUT2D eigenvalue weighted by Crippen LogP contribution is 2.28. The van der Waals surface area contributed by atoms with Gasteiger partial charge >= 0.3 is 0 Å². The zero-order valence-electron chi connectivity index (χ0n) is 13.9. The average Bonchev–Trinajstić information content (AvgIpc) is 2.64. The van der Waals surface area contributed by atoms with Crippen molar-refractivity contribution in [2.75, 3.05) is 6.67 Å². The summed E-state index contributed by atoms with van der Waals surface area (Å²) in [5.41, 5.74) is 0. The molecule has 0 fully saturated rings. The van der Waals surface area contributed by atoms with Crippen molar-refractivity contribution in [3.05, 3.63) is 65.2 Å². The predicted octanol–water partition coefficient (Wildman–Crippen LogP) is 6.14. The molecule has 0 bridgehead atoms. The Labute approximate surface area is 153 Å². The van der Waals surface area contributed by atoms with Gasteiger partial charge in [-0.3, -0.25) is 4.39 Å². The van der Waals surface area contributed by atoms with Gasteiger partial charge < -0.3 is 0 Å². The SMILES string of the molecule is FCCCCCC(F)Pc1cc(F)c(F)c(F)c1F.Fc1c[c]ccc1F. The molecule has 2 aromatic rings. The van der Waals surface area contributed by atoms with E-state index in [4.69, 9.17) is 0 Å². The zero-order chi connectivity index (χ0) is 20.4. The number of rotatable bonds is 7. The van der Waals surface area contributed by atoms with Crippen molar-refractivity contribution >= 4 is 13.9 Å². The molecule has 0 aromatic heterocycles. The van der Waals surface area contributed by atoms with Gasteiger partial charge in [0.25, 0.3) is 0 Å². The summed E-state index contributed by atoms with van der Waals surface area (Å²) in [6, 6.07) is 6.15.